The molecule has 0 N–H and O–H groups in total. The summed E-state index contributed by atoms with van der Waals surface area (Å²) in [5, 5.41) is 1.52. The number of nitrogens with zero attached hydrogens (tertiary/aromatic N) is 2. The lowest BCUT2D eigenvalue weighted by atomic mass is 10.0. The molecule has 2 aliphatic heterocycles. The molecule has 0 unspecified atom stereocenters. The molecule has 2 fully saturated rings. The highest BCUT2D eigenvalue weighted by Crippen LogP contribution is 2.40. The summed E-state index contributed by atoms with van der Waals surface area (Å²) in [5.41, 5.74) is 3.96. The van der Waals surface area contributed by atoms with Crippen molar-refractivity contribution in [3.8, 4) is 11.3 Å². The molecular weight excluding hydrogens is 444 g/mol. The Morgan fingerprint density at radius 3 is 2.44 bits per heavy atom. The summed E-state index contributed by atoms with van der Waals surface area (Å²) in [7, 11) is 0. The molecule has 0 amide bonds. The number of hydrogen-bond donors (Lipinski definition) is 0. The van der Waals surface area contributed by atoms with Crippen LogP contribution in [0.1, 0.15) is 30.2 Å². The van der Waals surface area contributed by atoms with Crippen molar-refractivity contribution < 1.29 is 13.9 Å². The number of ether oxygens (including phenoxy) is 2. The van der Waals surface area contributed by atoms with Crippen LogP contribution in [0.15, 0.2) is 69.5 Å². The molecule has 2 aromatic carbocycles. The second-order valence-electron chi connectivity index (χ2n) is 7.96. The third-order valence-corrected chi connectivity index (χ3v) is 7.06. The molecule has 7 heteroatoms. The van der Waals surface area contributed by atoms with E-state index in [-0.39, 0.29) is 5.92 Å². The smallest absolute Gasteiger partial charge is 0.199 e. The van der Waals surface area contributed by atoms with Crippen molar-refractivity contribution in [2.75, 3.05) is 33.1 Å². The minimum atomic E-state index is 0.288. The average molecular weight is 469 g/mol. The maximum absolute atomic E-state index is 6.32. The zero-order valence-corrected chi connectivity index (χ0v) is 19.3. The van der Waals surface area contributed by atoms with Crippen LogP contribution in [0.25, 0.3) is 17.0 Å². The van der Waals surface area contributed by atoms with E-state index in [0.29, 0.717) is 11.8 Å². The summed E-state index contributed by atoms with van der Waals surface area (Å²) < 4.78 is 17.3. The van der Waals surface area contributed by atoms with E-state index < -0.39 is 0 Å². The van der Waals surface area contributed by atoms with Gasteiger partial charge in [0.25, 0.3) is 0 Å². The summed E-state index contributed by atoms with van der Waals surface area (Å²) in [5.74, 6) is 1.08. The standard InChI is InChI=1S/C25H25ClN2O3S/c1-17(28-12-15-30-16-28)18-2-4-19(5-3-18)23-25(32-22-8-6-21(26)7-9-22)31-24(27-23)20-10-13-29-14-11-20/h2-9,20H,1,10-16H2. The van der Waals surface area contributed by atoms with Crippen LogP contribution in [-0.4, -0.2) is 43.0 Å². The predicted molar refractivity (Wildman–Crippen MR) is 127 cm³/mol. The molecule has 3 heterocycles. The number of aromatic nitrogens is 1. The van der Waals surface area contributed by atoms with E-state index in [9.17, 15) is 0 Å². The normalized spacial score (nSPS) is 17.1. The van der Waals surface area contributed by atoms with E-state index in [1.807, 2.05) is 24.3 Å². The van der Waals surface area contributed by atoms with Gasteiger partial charge in [-0.1, -0.05) is 42.4 Å². The minimum Gasteiger partial charge on any atom is -0.433 e. The van der Waals surface area contributed by atoms with Crippen LogP contribution in [-0.2, 0) is 9.47 Å². The zero-order chi connectivity index (χ0) is 21.9. The first kappa shape index (κ1) is 21.6. The van der Waals surface area contributed by atoms with E-state index >= 15 is 0 Å². The van der Waals surface area contributed by atoms with Crippen LogP contribution in [0.5, 0.6) is 0 Å². The van der Waals surface area contributed by atoms with Gasteiger partial charge in [0.1, 0.15) is 12.4 Å². The largest absolute Gasteiger partial charge is 0.433 e. The first-order valence-corrected chi connectivity index (χ1v) is 12.0. The van der Waals surface area contributed by atoms with Gasteiger partial charge in [0.05, 0.1) is 6.61 Å². The molecule has 3 aromatic rings. The Morgan fingerprint density at radius 2 is 1.75 bits per heavy atom. The van der Waals surface area contributed by atoms with Crippen molar-refractivity contribution in [2.24, 2.45) is 0 Å². The maximum Gasteiger partial charge on any atom is 0.199 e. The molecule has 0 radical (unpaired) electrons. The molecule has 2 saturated heterocycles. The summed E-state index contributed by atoms with van der Waals surface area (Å²) in [4.78, 5) is 8.16. The van der Waals surface area contributed by atoms with Gasteiger partial charge in [0.2, 0.25) is 0 Å². The Hall–Kier alpha value is -2.25. The van der Waals surface area contributed by atoms with Gasteiger partial charge in [0.15, 0.2) is 11.0 Å². The average Bonchev–Trinajstić information content (AvgIpc) is 3.52. The van der Waals surface area contributed by atoms with Gasteiger partial charge in [-0.2, -0.15) is 0 Å². The van der Waals surface area contributed by atoms with Gasteiger partial charge in [-0.25, -0.2) is 4.98 Å². The van der Waals surface area contributed by atoms with E-state index in [2.05, 4.69) is 35.7 Å². The highest BCUT2D eigenvalue weighted by Gasteiger charge is 2.25. The van der Waals surface area contributed by atoms with Crippen LogP contribution in [0, 0.1) is 0 Å². The maximum atomic E-state index is 6.32. The molecule has 5 nitrogen and oxygen atoms in total. The van der Waals surface area contributed by atoms with E-state index in [4.69, 9.17) is 30.5 Å². The minimum absolute atomic E-state index is 0.288. The lowest BCUT2D eigenvalue weighted by Crippen LogP contribution is -2.17. The van der Waals surface area contributed by atoms with Crippen LogP contribution < -0.4 is 0 Å². The Balaban J connectivity index is 1.44. The number of hydrogen-bond acceptors (Lipinski definition) is 6. The number of halogens is 1. The predicted octanol–water partition coefficient (Wildman–Crippen LogP) is 6.30. The Kier molecular flexibility index (Phi) is 6.55. The van der Waals surface area contributed by atoms with Gasteiger partial charge in [-0.05, 0) is 54.4 Å². The molecule has 0 saturated carbocycles. The van der Waals surface area contributed by atoms with Crippen molar-refractivity contribution in [3.05, 3.63) is 71.6 Å². The molecule has 5 rings (SSSR count). The molecule has 0 aliphatic carbocycles. The monoisotopic (exact) mass is 468 g/mol. The SMILES string of the molecule is C=C(c1ccc(-c2nc(C3CCOCC3)oc2Sc2ccc(Cl)cc2)cc1)N1CCOC1. The van der Waals surface area contributed by atoms with Crippen LogP contribution in [0.2, 0.25) is 5.02 Å². The Bertz CT molecular complexity index is 1070. The molecule has 1 aromatic heterocycles. The van der Waals surface area contributed by atoms with Crippen molar-refractivity contribution in [3.63, 3.8) is 0 Å². The third kappa shape index (κ3) is 4.74. The second-order valence-corrected chi connectivity index (χ2v) is 9.44. The summed E-state index contributed by atoms with van der Waals surface area (Å²) in [6.07, 6.45) is 1.86. The highest BCUT2D eigenvalue weighted by atomic mass is 35.5. The second kappa shape index (κ2) is 9.71. The number of oxazole rings is 1. The first-order valence-electron chi connectivity index (χ1n) is 10.8. The van der Waals surface area contributed by atoms with Gasteiger partial charge in [-0.3, -0.25) is 0 Å². The van der Waals surface area contributed by atoms with E-state index in [0.717, 1.165) is 77.6 Å². The van der Waals surface area contributed by atoms with Crippen molar-refractivity contribution in [2.45, 2.75) is 28.7 Å². The fraction of sp³-hybridized carbons (Fsp3) is 0.320. The lowest BCUT2D eigenvalue weighted by Gasteiger charge is -2.19. The molecule has 166 valence electrons. The van der Waals surface area contributed by atoms with Gasteiger partial charge >= 0.3 is 0 Å². The third-order valence-electron chi connectivity index (χ3n) is 5.83. The molecule has 0 spiro atoms. The first-order chi connectivity index (χ1) is 15.7. The molecule has 2 aliphatic rings. The summed E-state index contributed by atoms with van der Waals surface area (Å²) >= 11 is 7.63. The lowest BCUT2D eigenvalue weighted by molar-refractivity contribution is 0.0786. The quantitative estimate of drug-likeness (QED) is 0.423. The number of rotatable bonds is 6. The highest BCUT2D eigenvalue weighted by molar-refractivity contribution is 7.99. The fourth-order valence-electron chi connectivity index (χ4n) is 3.93. The van der Waals surface area contributed by atoms with Gasteiger partial charge in [0, 0.05) is 46.9 Å². The number of benzene rings is 2. The molecule has 0 atom stereocenters. The fourth-order valence-corrected chi connectivity index (χ4v) is 4.93. The Labute approximate surface area is 197 Å². The van der Waals surface area contributed by atoms with Crippen molar-refractivity contribution in [1.82, 2.24) is 9.88 Å². The van der Waals surface area contributed by atoms with Gasteiger partial charge < -0.3 is 18.8 Å². The molecule has 32 heavy (non-hydrogen) atoms. The van der Waals surface area contributed by atoms with Gasteiger partial charge in [-0.15, -0.1) is 0 Å². The van der Waals surface area contributed by atoms with E-state index in [1.165, 1.54) is 0 Å². The van der Waals surface area contributed by atoms with Crippen molar-refractivity contribution >= 4 is 29.1 Å². The van der Waals surface area contributed by atoms with Crippen LogP contribution >= 0.6 is 23.4 Å². The summed E-state index contributed by atoms with van der Waals surface area (Å²) in [6, 6.07) is 16.1. The van der Waals surface area contributed by atoms with Crippen molar-refractivity contribution in [1.29, 1.82) is 0 Å². The van der Waals surface area contributed by atoms with E-state index in [1.54, 1.807) is 11.8 Å². The molecular formula is C25H25ClN2O3S. The molecule has 0 bridgehead atoms. The summed E-state index contributed by atoms with van der Waals surface area (Å²) in [6.45, 7) is 7.96. The van der Waals surface area contributed by atoms with Crippen LogP contribution in [0.4, 0.5) is 0 Å². The zero-order valence-electron chi connectivity index (χ0n) is 17.8. The topological polar surface area (TPSA) is 47.7 Å². The Morgan fingerprint density at radius 1 is 1.00 bits per heavy atom. The van der Waals surface area contributed by atoms with Crippen LogP contribution in [0.3, 0.4) is 0 Å².